The number of hydrogen-bond acceptors (Lipinski definition) is 4. The van der Waals surface area contributed by atoms with Gasteiger partial charge in [-0.15, -0.1) is 0 Å². The Bertz CT molecular complexity index is 1070. The van der Waals surface area contributed by atoms with Crippen LogP contribution in [-0.2, 0) is 14.8 Å². The number of anilines is 2. The van der Waals surface area contributed by atoms with Crippen molar-refractivity contribution in [3.8, 4) is 11.5 Å². The smallest absolute Gasteiger partial charge is 0.245 e. The summed E-state index contributed by atoms with van der Waals surface area (Å²) >= 11 is 5.85. The van der Waals surface area contributed by atoms with E-state index in [2.05, 4.69) is 5.32 Å². The molecular formula is C21H19ClN2O4S. The second-order valence-corrected chi connectivity index (χ2v) is 8.58. The van der Waals surface area contributed by atoms with Crippen molar-refractivity contribution in [2.24, 2.45) is 0 Å². The third kappa shape index (κ3) is 5.97. The molecule has 0 fully saturated rings. The molecule has 150 valence electrons. The van der Waals surface area contributed by atoms with E-state index in [9.17, 15) is 13.2 Å². The molecule has 3 rings (SSSR count). The van der Waals surface area contributed by atoms with Gasteiger partial charge >= 0.3 is 0 Å². The first-order valence-electron chi connectivity index (χ1n) is 8.67. The molecule has 0 saturated carbocycles. The van der Waals surface area contributed by atoms with E-state index in [-0.39, 0.29) is 6.54 Å². The van der Waals surface area contributed by atoms with Crippen LogP contribution in [0.25, 0.3) is 0 Å². The van der Waals surface area contributed by atoms with Crippen LogP contribution in [0.4, 0.5) is 11.4 Å². The number of benzene rings is 3. The van der Waals surface area contributed by atoms with Gasteiger partial charge in [0.15, 0.2) is 0 Å². The van der Waals surface area contributed by atoms with Gasteiger partial charge in [-0.3, -0.25) is 9.10 Å². The molecule has 0 saturated heterocycles. The van der Waals surface area contributed by atoms with Crippen LogP contribution in [0.2, 0.25) is 5.02 Å². The zero-order valence-electron chi connectivity index (χ0n) is 15.6. The molecule has 1 N–H and O–H groups in total. The molecular weight excluding hydrogens is 412 g/mol. The lowest BCUT2D eigenvalue weighted by molar-refractivity contribution is -0.114. The first kappa shape index (κ1) is 20.7. The summed E-state index contributed by atoms with van der Waals surface area (Å²) in [7, 11) is -3.65. The van der Waals surface area contributed by atoms with E-state index in [1.807, 2.05) is 30.3 Å². The first-order valence-corrected chi connectivity index (χ1v) is 10.9. The summed E-state index contributed by atoms with van der Waals surface area (Å²) in [5.41, 5.74) is 0.888. The standard InChI is InChI=1S/C21H19ClN2O4S/c1-29(26,27)24(18-11-7-16(22)8-12-18)15-21(25)23-17-9-13-20(14-10-17)28-19-5-3-2-4-6-19/h2-14H,15H2,1H3,(H,23,25). The highest BCUT2D eigenvalue weighted by Gasteiger charge is 2.20. The highest BCUT2D eigenvalue weighted by Crippen LogP contribution is 2.23. The average molecular weight is 431 g/mol. The summed E-state index contributed by atoms with van der Waals surface area (Å²) in [6, 6.07) is 22.4. The highest BCUT2D eigenvalue weighted by atomic mass is 35.5. The lowest BCUT2D eigenvalue weighted by Crippen LogP contribution is -2.37. The number of ether oxygens (including phenoxy) is 1. The minimum absolute atomic E-state index is 0.358. The number of nitrogens with zero attached hydrogens (tertiary/aromatic N) is 1. The van der Waals surface area contributed by atoms with Crippen molar-refractivity contribution >= 4 is 38.9 Å². The Morgan fingerprint density at radius 3 is 2.10 bits per heavy atom. The molecule has 6 nitrogen and oxygen atoms in total. The SMILES string of the molecule is CS(=O)(=O)N(CC(=O)Nc1ccc(Oc2ccccc2)cc1)c1ccc(Cl)cc1. The lowest BCUT2D eigenvalue weighted by atomic mass is 10.3. The molecule has 0 bridgehead atoms. The topological polar surface area (TPSA) is 75.7 Å². The van der Waals surface area contributed by atoms with E-state index in [0.29, 0.717) is 27.9 Å². The Morgan fingerprint density at radius 1 is 0.931 bits per heavy atom. The minimum Gasteiger partial charge on any atom is -0.457 e. The Kier molecular flexibility index (Phi) is 6.41. The van der Waals surface area contributed by atoms with Crippen LogP contribution in [0.15, 0.2) is 78.9 Å². The van der Waals surface area contributed by atoms with Gasteiger partial charge in [0.1, 0.15) is 18.0 Å². The number of hydrogen-bond donors (Lipinski definition) is 1. The summed E-state index contributed by atoms with van der Waals surface area (Å²) in [5.74, 6) is 0.853. The lowest BCUT2D eigenvalue weighted by Gasteiger charge is -2.22. The Hall–Kier alpha value is -3.03. The van der Waals surface area contributed by atoms with Gasteiger partial charge in [-0.1, -0.05) is 29.8 Å². The number of halogens is 1. The maximum atomic E-state index is 12.4. The number of carbonyl (C=O) groups excluding carboxylic acids is 1. The molecule has 0 heterocycles. The van der Waals surface area contributed by atoms with Gasteiger partial charge in [0.2, 0.25) is 15.9 Å². The fraction of sp³-hybridized carbons (Fsp3) is 0.0952. The molecule has 0 spiro atoms. The fourth-order valence-corrected chi connectivity index (χ4v) is 3.55. The molecule has 3 aromatic rings. The van der Waals surface area contributed by atoms with E-state index in [1.54, 1.807) is 48.5 Å². The quantitative estimate of drug-likeness (QED) is 0.597. The monoisotopic (exact) mass is 430 g/mol. The van der Waals surface area contributed by atoms with Gasteiger partial charge in [0.25, 0.3) is 0 Å². The maximum Gasteiger partial charge on any atom is 0.245 e. The molecule has 1 amide bonds. The third-order valence-corrected chi connectivity index (χ3v) is 5.31. The molecule has 29 heavy (non-hydrogen) atoms. The fourth-order valence-electron chi connectivity index (χ4n) is 2.57. The van der Waals surface area contributed by atoms with Crippen LogP contribution in [0.5, 0.6) is 11.5 Å². The van der Waals surface area contributed by atoms with Gasteiger partial charge in [0.05, 0.1) is 11.9 Å². The summed E-state index contributed by atoms with van der Waals surface area (Å²) in [5, 5.41) is 3.17. The second-order valence-electron chi connectivity index (χ2n) is 6.23. The summed E-state index contributed by atoms with van der Waals surface area (Å²) in [6.45, 7) is -0.358. The van der Waals surface area contributed by atoms with Crippen molar-refractivity contribution in [3.63, 3.8) is 0 Å². The second kappa shape index (κ2) is 8.98. The van der Waals surface area contributed by atoms with E-state index in [0.717, 1.165) is 10.6 Å². The van der Waals surface area contributed by atoms with Crippen LogP contribution in [-0.4, -0.2) is 27.1 Å². The maximum absolute atomic E-state index is 12.4. The zero-order valence-corrected chi connectivity index (χ0v) is 17.2. The van der Waals surface area contributed by atoms with Crippen molar-refractivity contribution in [1.29, 1.82) is 0 Å². The Balaban J connectivity index is 1.66. The molecule has 0 aromatic heterocycles. The van der Waals surface area contributed by atoms with Crippen LogP contribution in [0.3, 0.4) is 0 Å². The Morgan fingerprint density at radius 2 is 1.52 bits per heavy atom. The van der Waals surface area contributed by atoms with Crippen LogP contribution in [0, 0.1) is 0 Å². The third-order valence-electron chi connectivity index (χ3n) is 3.92. The minimum atomic E-state index is -3.65. The zero-order chi connectivity index (χ0) is 20.9. The number of para-hydroxylation sites is 1. The summed E-state index contributed by atoms with van der Waals surface area (Å²) in [4.78, 5) is 12.4. The first-order chi connectivity index (χ1) is 13.8. The molecule has 0 radical (unpaired) electrons. The van der Waals surface area contributed by atoms with Gasteiger partial charge in [-0.2, -0.15) is 0 Å². The van der Waals surface area contributed by atoms with Crippen LogP contribution < -0.4 is 14.4 Å². The number of nitrogens with one attached hydrogen (secondary N) is 1. The van der Waals surface area contributed by atoms with E-state index < -0.39 is 15.9 Å². The summed E-state index contributed by atoms with van der Waals surface area (Å²) in [6.07, 6.45) is 1.05. The van der Waals surface area contributed by atoms with Crippen molar-refractivity contribution < 1.29 is 17.9 Å². The largest absolute Gasteiger partial charge is 0.457 e. The van der Waals surface area contributed by atoms with Crippen LogP contribution >= 0.6 is 11.6 Å². The number of rotatable bonds is 7. The highest BCUT2D eigenvalue weighted by molar-refractivity contribution is 7.92. The average Bonchev–Trinajstić information content (AvgIpc) is 2.68. The summed E-state index contributed by atoms with van der Waals surface area (Å²) < 4.78 is 31.0. The van der Waals surface area contributed by atoms with Crippen molar-refractivity contribution in [2.45, 2.75) is 0 Å². The Labute approximate surface area is 174 Å². The number of sulfonamides is 1. The molecule has 0 unspecified atom stereocenters. The van der Waals surface area contributed by atoms with Crippen molar-refractivity contribution in [2.75, 3.05) is 22.4 Å². The van der Waals surface area contributed by atoms with Gasteiger partial charge in [-0.05, 0) is 60.7 Å². The number of carbonyl (C=O) groups is 1. The predicted octanol–water partition coefficient (Wildman–Crippen LogP) is 4.54. The van der Waals surface area contributed by atoms with Crippen molar-refractivity contribution in [1.82, 2.24) is 0 Å². The van der Waals surface area contributed by atoms with Gasteiger partial charge in [0, 0.05) is 10.7 Å². The number of amides is 1. The van der Waals surface area contributed by atoms with E-state index in [4.69, 9.17) is 16.3 Å². The van der Waals surface area contributed by atoms with Gasteiger partial charge < -0.3 is 10.1 Å². The molecule has 0 atom stereocenters. The van der Waals surface area contributed by atoms with Crippen LogP contribution in [0.1, 0.15) is 0 Å². The molecule has 3 aromatic carbocycles. The molecule has 0 aliphatic carbocycles. The van der Waals surface area contributed by atoms with E-state index in [1.165, 1.54) is 0 Å². The molecule has 0 aliphatic rings. The predicted molar refractivity (Wildman–Crippen MR) is 115 cm³/mol. The molecule has 0 aliphatic heterocycles. The van der Waals surface area contributed by atoms with Crippen molar-refractivity contribution in [3.05, 3.63) is 83.9 Å². The van der Waals surface area contributed by atoms with Gasteiger partial charge in [-0.25, -0.2) is 8.42 Å². The normalized spacial score (nSPS) is 11.0. The van der Waals surface area contributed by atoms with E-state index >= 15 is 0 Å². The molecule has 8 heteroatoms.